The molecule has 0 aromatic heterocycles. The smallest absolute Gasteiger partial charge is 0.407 e. The van der Waals surface area contributed by atoms with E-state index >= 15 is 0 Å². The zero-order valence-electron chi connectivity index (χ0n) is 20.4. The number of carboxylic acids is 1. The molecule has 4 rings (SSSR count). The first-order valence-corrected chi connectivity index (χ1v) is 12.5. The highest BCUT2D eigenvalue weighted by Gasteiger charge is 2.38. The molecule has 2 amide bonds. The fourth-order valence-electron chi connectivity index (χ4n) is 5.24. The van der Waals surface area contributed by atoms with Crippen LogP contribution in [0, 0.1) is 5.92 Å². The van der Waals surface area contributed by atoms with Gasteiger partial charge in [0.15, 0.2) is 0 Å². The normalized spacial score (nSPS) is 21.1. The summed E-state index contributed by atoms with van der Waals surface area (Å²) >= 11 is 0. The van der Waals surface area contributed by atoms with Crippen molar-refractivity contribution in [2.24, 2.45) is 5.92 Å². The van der Waals surface area contributed by atoms with Crippen LogP contribution in [0.15, 0.2) is 48.5 Å². The van der Waals surface area contributed by atoms with Crippen LogP contribution < -0.4 is 10.6 Å². The van der Waals surface area contributed by atoms with Crippen LogP contribution in [0.4, 0.5) is 4.79 Å². The second-order valence-electron chi connectivity index (χ2n) is 9.80. The Bertz CT molecular complexity index is 1050. The summed E-state index contributed by atoms with van der Waals surface area (Å²) in [6, 6.07) is 15.9. The highest BCUT2D eigenvalue weighted by molar-refractivity contribution is 5.88. The molecule has 2 aromatic carbocycles. The van der Waals surface area contributed by atoms with Crippen molar-refractivity contribution in [1.29, 1.82) is 0 Å². The molecule has 3 atom stereocenters. The zero-order valence-corrected chi connectivity index (χ0v) is 20.4. The Balaban J connectivity index is 1.43. The van der Waals surface area contributed by atoms with Crippen LogP contribution in [0.25, 0.3) is 11.1 Å². The third kappa shape index (κ3) is 5.19. The molecule has 0 aliphatic heterocycles. The lowest BCUT2D eigenvalue weighted by Gasteiger charge is -2.30. The topological polar surface area (TPSA) is 105 Å². The second kappa shape index (κ2) is 10.5. The van der Waals surface area contributed by atoms with Gasteiger partial charge in [-0.15, -0.1) is 0 Å². The van der Waals surface area contributed by atoms with Gasteiger partial charge in [0, 0.05) is 12.0 Å². The Kier molecular flexibility index (Phi) is 7.43. The molecule has 0 spiro atoms. The summed E-state index contributed by atoms with van der Waals surface area (Å²) in [4.78, 5) is 37.6. The van der Waals surface area contributed by atoms with Crippen molar-refractivity contribution in [3.8, 4) is 11.1 Å². The number of ether oxygens (including phenoxy) is 1. The molecule has 1 fully saturated rings. The van der Waals surface area contributed by atoms with E-state index in [-0.39, 0.29) is 24.9 Å². The molecule has 0 bridgehead atoms. The third-order valence-corrected chi connectivity index (χ3v) is 7.58. The largest absolute Gasteiger partial charge is 0.480 e. The quantitative estimate of drug-likeness (QED) is 0.494. The minimum atomic E-state index is -1.34. The van der Waals surface area contributed by atoms with E-state index in [0.717, 1.165) is 41.5 Å². The van der Waals surface area contributed by atoms with Crippen molar-refractivity contribution in [2.75, 3.05) is 6.61 Å². The minimum absolute atomic E-state index is 0.0396. The van der Waals surface area contributed by atoms with Gasteiger partial charge in [0.25, 0.3) is 0 Å². The van der Waals surface area contributed by atoms with Gasteiger partial charge in [-0.25, -0.2) is 9.59 Å². The van der Waals surface area contributed by atoms with E-state index in [4.69, 9.17) is 4.74 Å². The van der Waals surface area contributed by atoms with Gasteiger partial charge in [-0.2, -0.15) is 0 Å². The first-order valence-electron chi connectivity index (χ1n) is 12.5. The number of hydrogen-bond acceptors (Lipinski definition) is 4. The molecule has 0 heterocycles. The van der Waals surface area contributed by atoms with E-state index < -0.39 is 29.6 Å². The lowest BCUT2D eigenvalue weighted by Crippen LogP contribution is -2.56. The summed E-state index contributed by atoms with van der Waals surface area (Å²) in [6.07, 6.45) is 3.69. The molecule has 2 aliphatic rings. The van der Waals surface area contributed by atoms with Gasteiger partial charge < -0.3 is 20.5 Å². The third-order valence-electron chi connectivity index (χ3n) is 7.58. The fourth-order valence-corrected chi connectivity index (χ4v) is 5.24. The van der Waals surface area contributed by atoms with Gasteiger partial charge in [-0.05, 0) is 48.4 Å². The van der Waals surface area contributed by atoms with Gasteiger partial charge in [0.1, 0.15) is 12.1 Å². The Hall–Kier alpha value is -3.35. The predicted molar refractivity (Wildman–Crippen MR) is 133 cm³/mol. The maximum absolute atomic E-state index is 13.1. The Labute approximate surface area is 206 Å². The summed E-state index contributed by atoms with van der Waals surface area (Å²) in [7, 11) is 0. The summed E-state index contributed by atoms with van der Waals surface area (Å²) in [5.41, 5.74) is 3.27. The van der Waals surface area contributed by atoms with Crippen LogP contribution in [0.5, 0.6) is 0 Å². The van der Waals surface area contributed by atoms with Crippen LogP contribution >= 0.6 is 0 Å². The minimum Gasteiger partial charge on any atom is -0.480 e. The number of aliphatic carboxylic acids is 1. The first-order chi connectivity index (χ1) is 16.8. The molecular formula is C28H34N2O5. The van der Waals surface area contributed by atoms with Crippen molar-refractivity contribution in [1.82, 2.24) is 10.6 Å². The monoisotopic (exact) mass is 478 g/mol. The number of fused-ring (bicyclic) bond motifs is 3. The van der Waals surface area contributed by atoms with Crippen LogP contribution in [0.1, 0.15) is 69.4 Å². The van der Waals surface area contributed by atoms with Crippen LogP contribution in [0.3, 0.4) is 0 Å². The number of carbonyl (C=O) groups excluding carboxylic acids is 2. The van der Waals surface area contributed by atoms with Crippen molar-refractivity contribution < 1.29 is 24.2 Å². The number of hydrogen-bond donors (Lipinski definition) is 3. The molecule has 7 heteroatoms. The second-order valence-corrected chi connectivity index (χ2v) is 9.80. The molecular weight excluding hydrogens is 444 g/mol. The molecule has 1 unspecified atom stereocenters. The molecule has 0 saturated heterocycles. The Morgan fingerprint density at radius 1 is 0.971 bits per heavy atom. The number of nitrogens with one attached hydrogen (secondary N) is 2. The molecule has 1 saturated carbocycles. The summed E-state index contributed by atoms with van der Waals surface area (Å²) < 4.78 is 5.70. The lowest BCUT2D eigenvalue weighted by molar-refractivity contribution is -0.148. The molecule has 3 N–H and O–H groups in total. The molecule has 2 aliphatic carbocycles. The molecule has 186 valence electrons. The number of alkyl carbamates (subject to hydrolysis) is 1. The van der Waals surface area contributed by atoms with E-state index in [0.29, 0.717) is 12.8 Å². The highest BCUT2D eigenvalue weighted by atomic mass is 16.5. The molecule has 0 radical (unpaired) electrons. The van der Waals surface area contributed by atoms with Gasteiger partial charge in [0.2, 0.25) is 5.91 Å². The maximum Gasteiger partial charge on any atom is 0.407 e. The standard InChI is InChI=1S/C28H34N2O5/c1-3-28(2,26(32)33)30-25(31)22-15-5-4-6-16-24(22)29-27(34)35-17-23-20-13-9-7-11-18(20)19-12-8-10-14-21(19)23/h7-14,22-24H,3-6,15-17H2,1-2H3,(H,29,34)(H,30,31)(H,32,33)/t22-,24+,28?/m1/s1. The number of benzene rings is 2. The number of carboxylic acid groups (broad SMARTS) is 1. The molecule has 35 heavy (non-hydrogen) atoms. The number of rotatable bonds is 7. The van der Waals surface area contributed by atoms with E-state index in [2.05, 4.69) is 34.9 Å². The zero-order chi connectivity index (χ0) is 25.0. The van der Waals surface area contributed by atoms with Gasteiger partial charge in [-0.1, -0.05) is 74.7 Å². The predicted octanol–water partition coefficient (Wildman–Crippen LogP) is 4.84. The average molecular weight is 479 g/mol. The molecule has 2 aromatic rings. The fraction of sp³-hybridized carbons (Fsp3) is 0.464. The average Bonchev–Trinajstić information content (AvgIpc) is 2.98. The Morgan fingerprint density at radius 3 is 2.17 bits per heavy atom. The lowest BCUT2D eigenvalue weighted by atomic mass is 9.91. The highest BCUT2D eigenvalue weighted by Crippen LogP contribution is 2.44. The Morgan fingerprint density at radius 2 is 1.57 bits per heavy atom. The van der Waals surface area contributed by atoms with E-state index in [1.54, 1.807) is 6.92 Å². The van der Waals surface area contributed by atoms with E-state index in [1.165, 1.54) is 6.92 Å². The van der Waals surface area contributed by atoms with Crippen LogP contribution in [-0.2, 0) is 14.3 Å². The van der Waals surface area contributed by atoms with E-state index in [1.807, 2.05) is 24.3 Å². The van der Waals surface area contributed by atoms with Gasteiger partial charge in [-0.3, -0.25) is 4.79 Å². The van der Waals surface area contributed by atoms with Crippen molar-refractivity contribution in [2.45, 2.75) is 69.9 Å². The number of carbonyl (C=O) groups is 3. The summed E-state index contributed by atoms with van der Waals surface area (Å²) in [5.74, 6) is -1.93. The molecule has 7 nitrogen and oxygen atoms in total. The van der Waals surface area contributed by atoms with Gasteiger partial charge >= 0.3 is 12.1 Å². The van der Waals surface area contributed by atoms with Crippen molar-refractivity contribution >= 4 is 18.0 Å². The SMILES string of the molecule is CCC(C)(NC(=O)[C@@H]1CCCCC[C@@H]1NC(=O)OCC1c2ccccc2-c2ccccc21)C(=O)O. The summed E-state index contributed by atoms with van der Waals surface area (Å²) in [6.45, 7) is 3.45. The summed E-state index contributed by atoms with van der Waals surface area (Å²) in [5, 5.41) is 15.2. The first kappa shape index (κ1) is 24.8. The van der Waals surface area contributed by atoms with Crippen molar-refractivity contribution in [3.63, 3.8) is 0 Å². The van der Waals surface area contributed by atoms with E-state index in [9.17, 15) is 19.5 Å². The van der Waals surface area contributed by atoms with Crippen LogP contribution in [-0.4, -0.2) is 41.3 Å². The number of amides is 2. The van der Waals surface area contributed by atoms with Crippen LogP contribution in [0.2, 0.25) is 0 Å². The maximum atomic E-state index is 13.1. The van der Waals surface area contributed by atoms with Gasteiger partial charge in [0.05, 0.1) is 5.92 Å². The van der Waals surface area contributed by atoms with Crippen molar-refractivity contribution in [3.05, 3.63) is 59.7 Å².